The van der Waals surface area contributed by atoms with Crippen molar-refractivity contribution in [3.8, 4) is 0 Å². The third-order valence-corrected chi connectivity index (χ3v) is 6.04. The minimum absolute atomic E-state index is 0.0264. The third kappa shape index (κ3) is 6.69. The molecule has 29 heavy (non-hydrogen) atoms. The van der Waals surface area contributed by atoms with Gasteiger partial charge in [0.25, 0.3) is 0 Å². The number of benzene rings is 2. The van der Waals surface area contributed by atoms with Crippen molar-refractivity contribution in [1.29, 1.82) is 0 Å². The van der Waals surface area contributed by atoms with Gasteiger partial charge in [0.05, 0.1) is 0 Å². The molecule has 0 atom stereocenters. The van der Waals surface area contributed by atoms with Crippen molar-refractivity contribution in [3.05, 3.63) is 65.7 Å². The maximum atomic E-state index is 11.2. The summed E-state index contributed by atoms with van der Waals surface area (Å²) >= 11 is 0. The average Bonchev–Trinajstić information content (AvgIpc) is 2.70. The molecule has 4 nitrogen and oxygen atoms in total. The van der Waals surface area contributed by atoms with E-state index in [9.17, 15) is 4.79 Å². The van der Waals surface area contributed by atoms with Crippen molar-refractivity contribution in [2.75, 3.05) is 39.0 Å². The summed E-state index contributed by atoms with van der Waals surface area (Å²) in [7, 11) is 4.40. The van der Waals surface area contributed by atoms with E-state index in [1.165, 1.54) is 43.4 Å². The number of carbonyl (C=O) groups is 1. The Labute approximate surface area is 175 Å². The maximum Gasteiger partial charge on any atom is 0.221 e. The molecule has 1 heterocycles. The molecule has 1 aliphatic rings. The molecule has 3 rings (SSSR count). The van der Waals surface area contributed by atoms with Gasteiger partial charge >= 0.3 is 0 Å². The molecule has 0 aromatic heterocycles. The summed E-state index contributed by atoms with van der Waals surface area (Å²) in [5, 5.41) is 2.83. The highest BCUT2D eigenvalue weighted by Crippen LogP contribution is 2.37. The molecule has 2 aromatic rings. The topological polar surface area (TPSA) is 35.6 Å². The van der Waals surface area contributed by atoms with Crippen LogP contribution in [-0.4, -0.2) is 49.4 Å². The number of amides is 1. The van der Waals surface area contributed by atoms with E-state index in [1.807, 2.05) is 12.1 Å². The van der Waals surface area contributed by atoms with Crippen molar-refractivity contribution in [2.45, 2.75) is 39.2 Å². The number of likely N-dealkylation sites (tertiary alicyclic amines) is 1. The van der Waals surface area contributed by atoms with E-state index in [4.69, 9.17) is 0 Å². The van der Waals surface area contributed by atoms with E-state index >= 15 is 0 Å². The standard InChI is InChI=1S/C25H35N3O/c1-21(29)26-24-11-9-23(10-12-24)19-28-17-15-25(16-18-28,20-27(2)3)14-13-22-7-5-4-6-8-22/h4-12H,13-20H2,1-3H3,(H,26,29). The largest absolute Gasteiger partial charge is 0.326 e. The lowest BCUT2D eigenvalue weighted by Gasteiger charge is -2.43. The fourth-order valence-electron chi connectivity index (χ4n) is 4.55. The first-order chi connectivity index (χ1) is 13.9. The summed E-state index contributed by atoms with van der Waals surface area (Å²) in [4.78, 5) is 16.1. The van der Waals surface area contributed by atoms with Crippen molar-refractivity contribution >= 4 is 11.6 Å². The first-order valence-corrected chi connectivity index (χ1v) is 10.7. The Hall–Kier alpha value is -2.17. The molecule has 1 saturated heterocycles. The predicted octanol–water partition coefficient (Wildman–Crippen LogP) is 4.42. The second kappa shape index (κ2) is 10.0. The molecule has 0 spiro atoms. The monoisotopic (exact) mass is 393 g/mol. The lowest BCUT2D eigenvalue weighted by molar-refractivity contribution is -0.114. The molecule has 0 aliphatic carbocycles. The molecule has 0 unspecified atom stereocenters. The Morgan fingerprint density at radius 2 is 1.66 bits per heavy atom. The van der Waals surface area contributed by atoms with Crippen LogP contribution >= 0.6 is 0 Å². The van der Waals surface area contributed by atoms with E-state index in [-0.39, 0.29) is 5.91 Å². The number of hydrogen-bond acceptors (Lipinski definition) is 3. The Kier molecular flexibility index (Phi) is 7.45. The minimum atomic E-state index is -0.0264. The number of hydrogen-bond donors (Lipinski definition) is 1. The summed E-state index contributed by atoms with van der Waals surface area (Å²) in [5.41, 5.74) is 4.03. The Morgan fingerprint density at radius 3 is 2.24 bits per heavy atom. The molecule has 0 bridgehead atoms. The smallest absolute Gasteiger partial charge is 0.221 e. The number of rotatable bonds is 8. The summed E-state index contributed by atoms with van der Waals surface area (Å²) in [5.74, 6) is -0.0264. The highest BCUT2D eigenvalue weighted by atomic mass is 16.1. The molecule has 0 saturated carbocycles. The normalized spacial score (nSPS) is 16.7. The van der Waals surface area contributed by atoms with Gasteiger partial charge in [-0.2, -0.15) is 0 Å². The molecule has 1 fully saturated rings. The van der Waals surface area contributed by atoms with Gasteiger partial charge in [0, 0.05) is 25.7 Å². The molecular formula is C25H35N3O. The van der Waals surface area contributed by atoms with Gasteiger partial charge in [-0.3, -0.25) is 9.69 Å². The zero-order valence-electron chi connectivity index (χ0n) is 18.2. The fourth-order valence-corrected chi connectivity index (χ4v) is 4.55. The van der Waals surface area contributed by atoms with Crippen LogP contribution in [0.25, 0.3) is 0 Å². The molecular weight excluding hydrogens is 358 g/mol. The van der Waals surface area contributed by atoms with Crippen LogP contribution in [0.4, 0.5) is 5.69 Å². The molecule has 1 amide bonds. The number of piperidine rings is 1. The van der Waals surface area contributed by atoms with E-state index in [2.05, 4.69) is 71.7 Å². The van der Waals surface area contributed by atoms with Gasteiger partial charge in [0.1, 0.15) is 0 Å². The fraction of sp³-hybridized carbons (Fsp3) is 0.480. The lowest BCUT2D eigenvalue weighted by Crippen LogP contribution is -2.44. The summed E-state index contributed by atoms with van der Waals surface area (Å²) in [6.07, 6.45) is 4.93. The van der Waals surface area contributed by atoms with Gasteiger partial charge in [0.2, 0.25) is 5.91 Å². The van der Waals surface area contributed by atoms with Gasteiger partial charge in [-0.1, -0.05) is 42.5 Å². The molecule has 0 radical (unpaired) electrons. The third-order valence-electron chi connectivity index (χ3n) is 6.04. The van der Waals surface area contributed by atoms with Crippen molar-refractivity contribution < 1.29 is 4.79 Å². The van der Waals surface area contributed by atoms with Crippen LogP contribution in [0, 0.1) is 5.41 Å². The van der Waals surface area contributed by atoms with Crippen LogP contribution < -0.4 is 5.32 Å². The quantitative estimate of drug-likeness (QED) is 0.721. The number of aryl methyl sites for hydroxylation is 1. The van der Waals surface area contributed by atoms with Crippen LogP contribution in [0.15, 0.2) is 54.6 Å². The molecule has 2 aromatic carbocycles. The van der Waals surface area contributed by atoms with Crippen molar-refractivity contribution in [1.82, 2.24) is 9.80 Å². The van der Waals surface area contributed by atoms with E-state index in [0.717, 1.165) is 25.3 Å². The number of nitrogens with one attached hydrogen (secondary N) is 1. The first-order valence-electron chi connectivity index (χ1n) is 10.7. The second-order valence-corrected chi connectivity index (χ2v) is 8.88. The number of carbonyl (C=O) groups excluding carboxylic acids is 1. The van der Waals surface area contributed by atoms with Crippen LogP contribution in [0.3, 0.4) is 0 Å². The Balaban J connectivity index is 1.55. The van der Waals surface area contributed by atoms with E-state index in [1.54, 1.807) is 6.92 Å². The van der Waals surface area contributed by atoms with Gasteiger partial charge in [-0.05, 0) is 81.5 Å². The van der Waals surface area contributed by atoms with Crippen LogP contribution in [0.1, 0.15) is 37.3 Å². The Bertz CT molecular complexity index is 762. The van der Waals surface area contributed by atoms with Crippen LogP contribution in [0.5, 0.6) is 0 Å². The number of anilines is 1. The average molecular weight is 394 g/mol. The van der Waals surface area contributed by atoms with Crippen LogP contribution in [0.2, 0.25) is 0 Å². The minimum Gasteiger partial charge on any atom is -0.326 e. The first kappa shape index (κ1) is 21.5. The van der Waals surface area contributed by atoms with E-state index in [0.29, 0.717) is 5.41 Å². The highest BCUT2D eigenvalue weighted by Gasteiger charge is 2.34. The summed E-state index contributed by atoms with van der Waals surface area (Å²) in [6, 6.07) is 19.1. The zero-order chi connectivity index (χ0) is 20.7. The van der Waals surface area contributed by atoms with Crippen molar-refractivity contribution in [2.24, 2.45) is 5.41 Å². The van der Waals surface area contributed by atoms with Gasteiger partial charge in [0.15, 0.2) is 0 Å². The second-order valence-electron chi connectivity index (χ2n) is 8.88. The van der Waals surface area contributed by atoms with Gasteiger partial charge in [-0.25, -0.2) is 0 Å². The number of nitrogens with zero attached hydrogens (tertiary/aromatic N) is 2. The van der Waals surface area contributed by atoms with Crippen molar-refractivity contribution in [3.63, 3.8) is 0 Å². The summed E-state index contributed by atoms with van der Waals surface area (Å²) in [6.45, 7) is 5.99. The Morgan fingerprint density at radius 1 is 1.00 bits per heavy atom. The lowest BCUT2D eigenvalue weighted by atomic mass is 9.73. The molecule has 156 valence electrons. The zero-order valence-corrected chi connectivity index (χ0v) is 18.2. The van der Waals surface area contributed by atoms with Crippen LogP contribution in [-0.2, 0) is 17.8 Å². The van der Waals surface area contributed by atoms with E-state index < -0.39 is 0 Å². The SMILES string of the molecule is CC(=O)Nc1ccc(CN2CCC(CCc3ccccc3)(CN(C)C)CC2)cc1. The van der Waals surface area contributed by atoms with Gasteiger partial charge < -0.3 is 10.2 Å². The summed E-state index contributed by atoms with van der Waals surface area (Å²) < 4.78 is 0. The molecule has 1 N–H and O–H groups in total. The molecule has 1 aliphatic heterocycles. The molecule has 4 heteroatoms. The predicted molar refractivity (Wildman–Crippen MR) is 121 cm³/mol. The highest BCUT2D eigenvalue weighted by molar-refractivity contribution is 5.88. The maximum absolute atomic E-state index is 11.2. The van der Waals surface area contributed by atoms with Gasteiger partial charge in [-0.15, -0.1) is 0 Å².